The lowest BCUT2D eigenvalue weighted by Crippen LogP contribution is -2.13. The van der Waals surface area contributed by atoms with Crippen LogP contribution in [0.5, 0.6) is 0 Å². The fraction of sp³-hybridized carbons (Fsp3) is 0.222. The maximum atomic E-state index is 12.7. The number of anilines is 1. The van der Waals surface area contributed by atoms with E-state index in [-0.39, 0.29) is 16.5 Å². The highest BCUT2D eigenvalue weighted by Crippen LogP contribution is 2.27. The lowest BCUT2D eigenvalue weighted by atomic mass is 10.0. The Balaban J connectivity index is 1.90. The van der Waals surface area contributed by atoms with Gasteiger partial charge in [-0.1, -0.05) is 38.1 Å². The SMILES string of the molecule is CC(C)Cc1ccc(S(=O)(=O)Nc2ccccc2-c2n[nH]c(=O)o2)cc1. The molecule has 26 heavy (non-hydrogen) atoms. The van der Waals surface area contributed by atoms with Gasteiger partial charge in [0.15, 0.2) is 0 Å². The Labute approximate surface area is 151 Å². The van der Waals surface area contributed by atoms with Gasteiger partial charge in [-0.3, -0.25) is 4.72 Å². The maximum Gasteiger partial charge on any atom is 0.434 e. The Hall–Kier alpha value is -2.87. The number of nitrogens with zero attached hydrogens (tertiary/aromatic N) is 1. The first kappa shape index (κ1) is 17.9. The van der Waals surface area contributed by atoms with Crippen LogP contribution in [-0.2, 0) is 16.4 Å². The molecule has 0 spiro atoms. The molecule has 3 rings (SSSR count). The minimum Gasteiger partial charge on any atom is -0.388 e. The molecule has 1 heterocycles. The van der Waals surface area contributed by atoms with Crippen molar-refractivity contribution in [3.63, 3.8) is 0 Å². The van der Waals surface area contributed by atoms with E-state index >= 15 is 0 Å². The average molecular weight is 373 g/mol. The van der Waals surface area contributed by atoms with Crippen LogP contribution < -0.4 is 10.5 Å². The minimum absolute atomic E-state index is 0.0144. The molecule has 0 aliphatic heterocycles. The Bertz CT molecular complexity index is 1050. The summed E-state index contributed by atoms with van der Waals surface area (Å²) in [6.45, 7) is 4.22. The zero-order chi connectivity index (χ0) is 18.7. The van der Waals surface area contributed by atoms with Crippen LogP contribution in [-0.4, -0.2) is 18.6 Å². The Morgan fingerprint density at radius 2 is 1.81 bits per heavy atom. The molecule has 8 heteroatoms. The molecule has 1 aromatic heterocycles. The van der Waals surface area contributed by atoms with Crippen LogP contribution in [0.3, 0.4) is 0 Å². The fourth-order valence-corrected chi connectivity index (χ4v) is 3.66. The van der Waals surface area contributed by atoms with Crippen molar-refractivity contribution in [3.05, 3.63) is 64.6 Å². The van der Waals surface area contributed by atoms with Crippen LogP contribution in [0.1, 0.15) is 19.4 Å². The highest BCUT2D eigenvalue weighted by molar-refractivity contribution is 7.92. The van der Waals surface area contributed by atoms with Gasteiger partial charge in [0.05, 0.1) is 16.1 Å². The molecular formula is C18H19N3O4S. The predicted molar refractivity (Wildman–Crippen MR) is 98.4 cm³/mol. The van der Waals surface area contributed by atoms with E-state index in [1.54, 1.807) is 36.4 Å². The summed E-state index contributed by atoms with van der Waals surface area (Å²) in [4.78, 5) is 11.3. The lowest BCUT2D eigenvalue weighted by molar-refractivity contribution is 0.527. The second-order valence-electron chi connectivity index (χ2n) is 6.31. The van der Waals surface area contributed by atoms with Crippen molar-refractivity contribution in [2.75, 3.05) is 4.72 Å². The third-order valence-electron chi connectivity index (χ3n) is 3.72. The second-order valence-corrected chi connectivity index (χ2v) is 7.99. The molecule has 0 aliphatic rings. The number of benzene rings is 2. The number of aromatic amines is 1. The monoisotopic (exact) mass is 373 g/mol. The summed E-state index contributed by atoms with van der Waals surface area (Å²) in [5.41, 5.74) is 1.72. The van der Waals surface area contributed by atoms with Crippen LogP contribution in [0.15, 0.2) is 62.6 Å². The summed E-state index contributed by atoms with van der Waals surface area (Å²) >= 11 is 0. The molecule has 2 N–H and O–H groups in total. The van der Waals surface area contributed by atoms with Gasteiger partial charge in [0.1, 0.15) is 0 Å². The summed E-state index contributed by atoms with van der Waals surface area (Å²) in [5.74, 6) is -0.204. The van der Waals surface area contributed by atoms with Crippen LogP contribution in [0.4, 0.5) is 5.69 Å². The molecule has 0 unspecified atom stereocenters. The van der Waals surface area contributed by atoms with E-state index in [1.165, 1.54) is 0 Å². The molecule has 7 nitrogen and oxygen atoms in total. The first-order chi connectivity index (χ1) is 12.3. The molecule has 0 atom stereocenters. The molecule has 2 aromatic carbocycles. The molecule has 3 aromatic rings. The molecule has 0 saturated carbocycles. The zero-order valence-electron chi connectivity index (χ0n) is 14.4. The van der Waals surface area contributed by atoms with Gasteiger partial charge in [-0.05, 0) is 42.2 Å². The highest BCUT2D eigenvalue weighted by atomic mass is 32.2. The molecule has 136 valence electrons. The van der Waals surface area contributed by atoms with Crippen LogP contribution in [0.25, 0.3) is 11.5 Å². The van der Waals surface area contributed by atoms with Gasteiger partial charge in [-0.25, -0.2) is 18.3 Å². The van der Waals surface area contributed by atoms with E-state index in [2.05, 4.69) is 28.8 Å². The molecule has 0 bridgehead atoms. The minimum atomic E-state index is -3.79. The van der Waals surface area contributed by atoms with Gasteiger partial charge in [0.2, 0.25) is 0 Å². The number of para-hydroxylation sites is 1. The number of aromatic nitrogens is 2. The van der Waals surface area contributed by atoms with Crippen molar-refractivity contribution in [2.45, 2.75) is 25.2 Å². The normalized spacial score (nSPS) is 11.7. The number of hydrogen-bond donors (Lipinski definition) is 2. The number of hydrogen-bond acceptors (Lipinski definition) is 5. The second kappa shape index (κ2) is 7.17. The Kier molecular flexibility index (Phi) is 4.94. The van der Waals surface area contributed by atoms with Gasteiger partial charge in [-0.15, -0.1) is 5.10 Å². The van der Waals surface area contributed by atoms with Gasteiger partial charge in [0.25, 0.3) is 15.9 Å². The number of nitrogens with one attached hydrogen (secondary N) is 2. The average Bonchev–Trinajstić information content (AvgIpc) is 3.01. The largest absolute Gasteiger partial charge is 0.434 e. The van der Waals surface area contributed by atoms with Crippen LogP contribution in [0.2, 0.25) is 0 Å². The first-order valence-electron chi connectivity index (χ1n) is 8.12. The topological polar surface area (TPSA) is 105 Å². The molecular weight excluding hydrogens is 354 g/mol. The number of H-pyrrole nitrogens is 1. The summed E-state index contributed by atoms with van der Waals surface area (Å²) in [6.07, 6.45) is 0.884. The van der Waals surface area contributed by atoms with Crippen molar-refractivity contribution >= 4 is 15.7 Å². The van der Waals surface area contributed by atoms with Crippen LogP contribution in [0, 0.1) is 5.92 Å². The Morgan fingerprint density at radius 3 is 2.42 bits per heavy atom. The van der Waals surface area contributed by atoms with Crippen LogP contribution >= 0.6 is 0 Å². The van der Waals surface area contributed by atoms with E-state index in [9.17, 15) is 13.2 Å². The Morgan fingerprint density at radius 1 is 1.12 bits per heavy atom. The highest BCUT2D eigenvalue weighted by Gasteiger charge is 2.18. The number of rotatable bonds is 6. The number of sulfonamides is 1. The van der Waals surface area contributed by atoms with Crippen molar-refractivity contribution in [2.24, 2.45) is 5.92 Å². The zero-order valence-corrected chi connectivity index (χ0v) is 15.2. The van der Waals surface area contributed by atoms with E-state index in [1.807, 2.05) is 12.1 Å². The summed E-state index contributed by atoms with van der Waals surface area (Å²) < 4.78 is 32.8. The van der Waals surface area contributed by atoms with E-state index in [0.29, 0.717) is 11.5 Å². The van der Waals surface area contributed by atoms with Crippen molar-refractivity contribution in [1.82, 2.24) is 10.2 Å². The first-order valence-corrected chi connectivity index (χ1v) is 9.60. The summed E-state index contributed by atoms with van der Waals surface area (Å²) in [6, 6.07) is 13.4. The van der Waals surface area contributed by atoms with Gasteiger partial charge < -0.3 is 4.42 Å². The van der Waals surface area contributed by atoms with Crippen molar-refractivity contribution in [1.29, 1.82) is 0 Å². The van der Waals surface area contributed by atoms with Crippen molar-refractivity contribution in [3.8, 4) is 11.5 Å². The lowest BCUT2D eigenvalue weighted by Gasteiger charge is -2.11. The van der Waals surface area contributed by atoms with E-state index in [4.69, 9.17) is 4.42 Å². The third-order valence-corrected chi connectivity index (χ3v) is 5.10. The summed E-state index contributed by atoms with van der Waals surface area (Å²) in [5, 5.41) is 5.91. The quantitative estimate of drug-likeness (QED) is 0.691. The van der Waals surface area contributed by atoms with Gasteiger partial charge in [0, 0.05) is 0 Å². The standard InChI is InChI=1S/C18H19N3O4S/c1-12(2)11-13-7-9-14(10-8-13)26(23,24)21-16-6-4-3-5-15(16)17-19-20-18(22)25-17/h3-10,12,21H,11H2,1-2H3,(H,20,22). The molecule has 0 saturated heterocycles. The van der Waals surface area contributed by atoms with Crippen molar-refractivity contribution < 1.29 is 12.8 Å². The molecule has 0 amide bonds. The maximum absolute atomic E-state index is 12.7. The summed E-state index contributed by atoms with van der Waals surface area (Å²) in [7, 11) is -3.79. The van der Waals surface area contributed by atoms with E-state index < -0.39 is 15.8 Å². The smallest absolute Gasteiger partial charge is 0.388 e. The molecule has 0 fully saturated rings. The van der Waals surface area contributed by atoms with Gasteiger partial charge in [-0.2, -0.15) is 0 Å². The third kappa shape index (κ3) is 4.02. The van der Waals surface area contributed by atoms with E-state index in [0.717, 1.165) is 12.0 Å². The molecule has 0 aliphatic carbocycles. The molecule has 0 radical (unpaired) electrons. The fourth-order valence-electron chi connectivity index (χ4n) is 2.58. The predicted octanol–water partition coefficient (Wildman–Crippen LogP) is 3.03. The van der Waals surface area contributed by atoms with Gasteiger partial charge >= 0.3 is 5.76 Å².